The fourth-order valence-electron chi connectivity index (χ4n) is 2.21. The highest BCUT2D eigenvalue weighted by Crippen LogP contribution is 2.07. The van der Waals surface area contributed by atoms with Crippen LogP contribution >= 0.6 is 0 Å². The first-order valence-corrected chi connectivity index (χ1v) is 8.94. The number of unbranched alkanes of at least 4 members (excludes halogenated alkanes) is 7. The lowest BCUT2D eigenvalue weighted by Crippen LogP contribution is -1.93. The zero-order valence-electron chi connectivity index (χ0n) is 14.3. The van der Waals surface area contributed by atoms with Crippen LogP contribution in [0, 0.1) is 0 Å². The van der Waals surface area contributed by atoms with Crippen molar-refractivity contribution in [1.29, 1.82) is 0 Å². The average Bonchev–Trinajstić information content (AvgIpc) is 2.50. The van der Waals surface area contributed by atoms with Gasteiger partial charge in [0.25, 0.3) is 0 Å². The number of allylic oxidation sites excluding steroid dienone is 6. The third-order valence-electron chi connectivity index (χ3n) is 3.51. The van der Waals surface area contributed by atoms with Gasteiger partial charge < -0.3 is 5.11 Å². The quantitative estimate of drug-likeness (QED) is 0.279. The third kappa shape index (κ3) is 18.7. The van der Waals surface area contributed by atoms with Crippen LogP contribution in [0.25, 0.3) is 0 Å². The Balaban J connectivity index is 3.21. The molecule has 0 rings (SSSR count). The molecule has 0 bridgehead atoms. The van der Waals surface area contributed by atoms with E-state index in [4.69, 9.17) is 5.11 Å². The second kappa shape index (κ2) is 17.7. The number of rotatable bonds is 15. The molecule has 0 fully saturated rings. The molecule has 0 saturated heterocycles. The highest BCUT2D eigenvalue weighted by molar-refractivity contribution is 5.66. The Morgan fingerprint density at radius 3 is 1.82 bits per heavy atom. The van der Waals surface area contributed by atoms with Crippen molar-refractivity contribution in [3.8, 4) is 0 Å². The Kier molecular flexibility index (Phi) is 16.7. The summed E-state index contributed by atoms with van der Waals surface area (Å²) in [7, 11) is 0. The van der Waals surface area contributed by atoms with Crippen molar-refractivity contribution in [2.45, 2.75) is 84.0 Å². The Morgan fingerprint density at radius 2 is 1.23 bits per heavy atom. The summed E-state index contributed by atoms with van der Waals surface area (Å²) in [5, 5.41) is 8.52. The molecule has 0 aliphatic heterocycles. The number of carbonyl (C=O) groups is 1. The number of aliphatic carboxylic acids is 1. The molecule has 0 saturated carbocycles. The van der Waals surface area contributed by atoms with Gasteiger partial charge in [-0.1, -0.05) is 56.2 Å². The lowest BCUT2D eigenvalue weighted by atomic mass is 10.1. The predicted molar refractivity (Wildman–Crippen MR) is 96.1 cm³/mol. The number of hydrogen-bond donors (Lipinski definition) is 1. The van der Waals surface area contributed by atoms with Crippen molar-refractivity contribution in [2.24, 2.45) is 0 Å². The lowest BCUT2D eigenvalue weighted by Gasteiger charge is -1.97. The van der Waals surface area contributed by atoms with Crippen LogP contribution in [0.15, 0.2) is 36.5 Å². The second-order valence-electron chi connectivity index (χ2n) is 5.69. The highest BCUT2D eigenvalue weighted by atomic mass is 16.4. The van der Waals surface area contributed by atoms with Gasteiger partial charge >= 0.3 is 5.97 Å². The van der Waals surface area contributed by atoms with Crippen LogP contribution in [0.2, 0.25) is 0 Å². The van der Waals surface area contributed by atoms with Gasteiger partial charge in [0.1, 0.15) is 0 Å². The van der Waals surface area contributed by atoms with Crippen LogP contribution in [0.4, 0.5) is 0 Å². The van der Waals surface area contributed by atoms with E-state index in [2.05, 4.69) is 43.4 Å². The van der Waals surface area contributed by atoms with Crippen molar-refractivity contribution in [1.82, 2.24) is 0 Å². The molecular weight excluding hydrogens is 272 g/mol. The molecule has 0 heterocycles. The maximum absolute atomic E-state index is 10.3. The first-order chi connectivity index (χ1) is 10.8. The van der Waals surface area contributed by atoms with Gasteiger partial charge in [0.15, 0.2) is 0 Å². The minimum Gasteiger partial charge on any atom is -0.481 e. The minimum absolute atomic E-state index is 0.319. The Morgan fingerprint density at radius 1 is 0.727 bits per heavy atom. The summed E-state index contributed by atoms with van der Waals surface area (Å²) in [5.41, 5.74) is 0. The molecule has 2 nitrogen and oxygen atoms in total. The van der Waals surface area contributed by atoms with Gasteiger partial charge in [-0.2, -0.15) is 0 Å². The summed E-state index contributed by atoms with van der Waals surface area (Å²) in [6, 6.07) is 0. The number of hydrogen-bond acceptors (Lipinski definition) is 1. The largest absolute Gasteiger partial charge is 0.481 e. The summed E-state index contributed by atoms with van der Waals surface area (Å²) in [5.74, 6) is -0.674. The molecule has 0 atom stereocenters. The van der Waals surface area contributed by atoms with E-state index in [1.54, 1.807) is 0 Å². The molecule has 0 spiro atoms. The van der Waals surface area contributed by atoms with Crippen molar-refractivity contribution >= 4 is 5.97 Å². The van der Waals surface area contributed by atoms with Gasteiger partial charge in [-0.15, -0.1) is 0 Å². The van der Waals surface area contributed by atoms with Gasteiger partial charge in [-0.05, 0) is 57.8 Å². The fraction of sp³-hybridized carbons (Fsp3) is 0.650. The molecule has 0 unspecified atom stereocenters. The second-order valence-corrected chi connectivity index (χ2v) is 5.69. The van der Waals surface area contributed by atoms with Gasteiger partial charge in [0, 0.05) is 6.42 Å². The zero-order valence-corrected chi connectivity index (χ0v) is 14.3. The normalized spacial score (nSPS) is 12.0. The Hall–Kier alpha value is -1.31. The SMILES string of the molecule is CCC=CCC=CCCCCC=CCCCCCCC(=O)O. The van der Waals surface area contributed by atoms with Crippen molar-refractivity contribution < 1.29 is 9.90 Å². The van der Waals surface area contributed by atoms with E-state index in [1.165, 1.54) is 32.1 Å². The van der Waals surface area contributed by atoms with Gasteiger partial charge in [0.2, 0.25) is 0 Å². The molecule has 2 heteroatoms. The van der Waals surface area contributed by atoms with Crippen molar-refractivity contribution in [2.75, 3.05) is 0 Å². The fourth-order valence-corrected chi connectivity index (χ4v) is 2.21. The topological polar surface area (TPSA) is 37.3 Å². The van der Waals surface area contributed by atoms with Gasteiger partial charge in [0.05, 0.1) is 0 Å². The van der Waals surface area contributed by atoms with E-state index in [0.717, 1.165) is 38.5 Å². The van der Waals surface area contributed by atoms with Gasteiger partial charge in [-0.25, -0.2) is 0 Å². The van der Waals surface area contributed by atoms with Gasteiger partial charge in [-0.3, -0.25) is 4.79 Å². The zero-order chi connectivity index (χ0) is 16.3. The molecule has 1 N–H and O–H groups in total. The van der Waals surface area contributed by atoms with E-state index < -0.39 is 5.97 Å². The monoisotopic (exact) mass is 306 g/mol. The molecule has 0 radical (unpaired) electrons. The summed E-state index contributed by atoms with van der Waals surface area (Å²) in [6.45, 7) is 2.16. The smallest absolute Gasteiger partial charge is 0.303 e. The molecule has 0 aromatic carbocycles. The van der Waals surface area contributed by atoms with Crippen molar-refractivity contribution in [3.05, 3.63) is 36.5 Å². The molecule has 22 heavy (non-hydrogen) atoms. The Bertz CT molecular complexity index is 327. The first kappa shape index (κ1) is 20.7. The molecule has 0 aliphatic rings. The summed E-state index contributed by atoms with van der Waals surface area (Å²) >= 11 is 0. The summed E-state index contributed by atoms with van der Waals surface area (Å²) in [4.78, 5) is 10.3. The minimum atomic E-state index is -0.674. The molecular formula is C20H34O2. The van der Waals surface area contributed by atoms with Crippen LogP contribution in [0.1, 0.15) is 84.0 Å². The summed E-state index contributed by atoms with van der Waals surface area (Å²) in [6.07, 6.45) is 26.3. The number of carboxylic acids is 1. The average molecular weight is 306 g/mol. The molecule has 126 valence electrons. The maximum atomic E-state index is 10.3. The Labute approximate surface area is 137 Å². The maximum Gasteiger partial charge on any atom is 0.303 e. The van der Waals surface area contributed by atoms with E-state index in [1.807, 2.05) is 0 Å². The summed E-state index contributed by atoms with van der Waals surface area (Å²) < 4.78 is 0. The van der Waals surface area contributed by atoms with Crippen LogP contribution < -0.4 is 0 Å². The van der Waals surface area contributed by atoms with E-state index >= 15 is 0 Å². The van der Waals surface area contributed by atoms with Crippen LogP contribution in [-0.4, -0.2) is 11.1 Å². The van der Waals surface area contributed by atoms with Crippen LogP contribution in [-0.2, 0) is 4.79 Å². The standard InChI is InChI=1S/C20H34O2/c1-2-3-4-5-6-7-8-9-10-11-12-13-14-15-16-17-18-19-20(21)22/h3-4,6-7,12-13H,2,5,8-11,14-19H2,1H3,(H,21,22). The van der Waals surface area contributed by atoms with Crippen LogP contribution in [0.3, 0.4) is 0 Å². The van der Waals surface area contributed by atoms with E-state index in [-0.39, 0.29) is 0 Å². The van der Waals surface area contributed by atoms with Crippen molar-refractivity contribution in [3.63, 3.8) is 0 Å². The molecule has 0 aromatic heterocycles. The molecule has 0 amide bonds. The number of carboxylic acid groups (broad SMARTS) is 1. The van der Waals surface area contributed by atoms with E-state index in [0.29, 0.717) is 6.42 Å². The van der Waals surface area contributed by atoms with E-state index in [9.17, 15) is 4.79 Å². The first-order valence-electron chi connectivity index (χ1n) is 8.94. The predicted octanol–water partition coefficient (Wildman–Crippen LogP) is 6.44. The molecule has 0 aromatic rings. The van der Waals surface area contributed by atoms with Crippen LogP contribution in [0.5, 0.6) is 0 Å². The molecule has 0 aliphatic carbocycles. The lowest BCUT2D eigenvalue weighted by molar-refractivity contribution is -0.137. The highest BCUT2D eigenvalue weighted by Gasteiger charge is 1.95. The third-order valence-corrected chi connectivity index (χ3v) is 3.51.